The molecular formula is C13H13FN2O. The Hall–Kier alpha value is -2.02. The third-order valence-corrected chi connectivity index (χ3v) is 2.76. The van der Waals surface area contributed by atoms with Crippen molar-refractivity contribution in [2.75, 3.05) is 6.54 Å². The van der Waals surface area contributed by atoms with Gasteiger partial charge >= 0.3 is 6.03 Å². The summed E-state index contributed by atoms with van der Waals surface area (Å²) in [7, 11) is 0. The van der Waals surface area contributed by atoms with Gasteiger partial charge in [-0.05, 0) is 24.1 Å². The molecule has 1 aromatic rings. The van der Waals surface area contributed by atoms with Gasteiger partial charge in [0.25, 0.3) is 0 Å². The smallest absolute Gasteiger partial charge is 0.315 e. The molecule has 17 heavy (non-hydrogen) atoms. The summed E-state index contributed by atoms with van der Waals surface area (Å²) >= 11 is 0. The number of carbonyl (C=O) groups is 1. The molecular weight excluding hydrogens is 219 g/mol. The zero-order valence-electron chi connectivity index (χ0n) is 9.24. The van der Waals surface area contributed by atoms with Crippen molar-refractivity contribution in [1.29, 1.82) is 0 Å². The minimum Gasteiger partial charge on any atom is -0.335 e. The summed E-state index contributed by atoms with van der Waals surface area (Å²) < 4.78 is 12.7. The summed E-state index contributed by atoms with van der Waals surface area (Å²) in [5.74, 6) is 2.37. The molecule has 4 heteroatoms. The molecule has 0 unspecified atom stereocenters. The van der Waals surface area contributed by atoms with E-state index in [1.807, 2.05) is 0 Å². The normalized spacial score (nSPS) is 21.4. The van der Waals surface area contributed by atoms with Gasteiger partial charge in [-0.25, -0.2) is 9.18 Å². The second-order valence-corrected chi connectivity index (χ2v) is 4.03. The maximum Gasteiger partial charge on any atom is 0.315 e. The molecule has 1 aliphatic rings. The van der Waals surface area contributed by atoms with Crippen molar-refractivity contribution in [2.24, 2.45) is 0 Å². The lowest BCUT2D eigenvalue weighted by Crippen LogP contribution is -2.37. The zero-order valence-corrected chi connectivity index (χ0v) is 9.24. The van der Waals surface area contributed by atoms with Gasteiger partial charge in [-0.15, -0.1) is 6.42 Å². The van der Waals surface area contributed by atoms with E-state index in [0.29, 0.717) is 0 Å². The SMILES string of the molecule is C#CCNC(=O)N[C@@H]1C[C@H]1c1ccc(F)cc1. The summed E-state index contributed by atoms with van der Waals surface area (Å²) in [6, 6.07) is 6.24. The Kier molecular flexibility index (Phi) is 3.29. The lowest BCUT2D eigenvalue weighted by Gasteiger charge is -2.04. The fraction of sp³-hybridized carbons (Fsp3) is 0.308. The lowest BCUT2D eigenvalue weighted by molar-refractivity contribution is 0.241. The molecule has 2 amide bonds. The van der Waals surface area contributed by atoms with Crippen LogP contribution < -0.4 is 10.6 Å². The van der Waals surface area contributed by atoms with Crippen LogP contribution in [0.2, 0.25) is 0 Å². The Labute approximate surface area is 99.4 Å². The van der Waals surface area contributed by atoms with Crippen LogP contribution in [0.25, 0.3) is 0 Å². The van der Waals surface area contributed by atoms with Crippen LogP contribution in [0.4, 0.5) is 9.18 Å². The topological polar surface area (TPSA) is 41.1 Å². The van der Waals surface area contributed by atoms with Gasteiger partial charge in [0.15, 0.2) is 0 Å². The summed E-state index contributed by atoms with van der Waals surface area (Å²) in [4.78, 5) is 11.3. The molecule has 0 bridgehead atoms. The third kappa shape index (κ3) is 2.97. The largest absolute Gasteiger partial charge is 0.335 e. The van der Waals surface area contributed by atoms with E-state index in [9.17, 15) is 9.18 Å². The van der Waals surface area contributed by atoms with Crippen LogP contribution in [0.5, 0.6) is 0 Å². The molecule has 0 heterocycles. The molecule has 0 aromatic heterocycles. The lowest BCUT2D eigenvalue weighted by atomic mass is 10.1. The standard InChI is InChI=1S/C13H13FN2O/c1-2-7-15-13(17)16-12-8-11(12)9-3-5-10(14)6-4-9/h1,3-6,11-12H,7-8H2,(H2,15,16,17)/t11-,12+/m0/s1. The molecule has 88 valence electrons. The molecule has 3 nitrogen and oxygen atoms in total. The van der Waals surface area contributed by atoms with Gasteiger partial charge in [-0.1, -0.05) is 18.1 Å². The van der Waals surface area contributed by atoms with E-state index in [1.165, 1.54) is 12.1 Å². The summed E-state index contributed by atoms with van der Waals surface area (Å²) in [6.45, 7) is 0.222. The molecule has 1 aliphatic carbocycles. The fourth-order valence-electron chi connectivity index (χ4n) is 1.78. The number of benzene rings is 1. The Bertz CT molecular complexity index is 449. The van der Waals surface area contributed by atoms with Gasteiger partial charge in [0.05, 0.1) is 6.54 Å². The van der Waals surface area contributed by atoms with E-state index < -0.39 is 0 Å². The fourth-order valence-corrected chi connectivity index (χ4v) is 1.78. The highest BCUT2D eigenvalue weighted by atomic mass is 19.1. The van der Waals surface area contributed by atoms with Crippen molar-refractivity contribution in [1.82, 2.24) is 10.6 Å². The van der Waals surface area contributed by atoms with Gasteiger partial charge < -0.3 is 10.6 Å². The number of amides is 2. The number of terminal acetylenes is 1. The minimum absolute atomic E-state index is 0.123. The first kappa shape index (κ1) is 11.5. The number of rotatable bonds is 3. The molecule has 1 saturated carbocycles. The van der Waals surface area contributed by atoms with Crippen LogP contribution >= 0.6 is 0 Å². The van der Waals surface area contributed by atoms with E-state index in [-0.39, 0.29) is 30.4 Å². The summed E-state index contributed by atoms with van der Waals surface area (Å²) in [5, 5.41) is 5.35. The van der Waals surface area contributed by atoms with E-state index in [2.05, 4.69) is 16.6 Å². The number of carbonyl (C=O) groups excluding carboxylic acids is 1. The van der Waals surface area contributed by atoms with E-state index in [1.54, 1.807) is 12.1 Å². The number of urea groups is 1. The Morgan fingerprint density at radius 3 is 2.82 bits per heavy atom. The molecule has 2 atom stereocenters. The molecule has 0 spiro atoms. The van der Waals surface area contributed by atoms with Crippen LogP contribution in [0.15, 0.2) is 24.3 Å². The number of nitrogens with one attached hydrogen (secondary N) is 2. The van der Waals surface area contributed by atoms with Crippen LogP contribution in [-0.4, -0.2) is 18.6 Å². The third-order valence-electron chi connectivity index (χ3n) is 2.76. The average molecular weight is 232 g/mol. The average Bonchev–Trinajstić information content (AvgIpc) is 3.06. The minimum atomic E-state index is -0.252. The van der Waals surface area contributed by atoms with E-state index >= 15 is 0 Å². The Morgan fingerprint density at radius 1 is 1.47 bits per heavy atom. The quantitative estimate of drug-likeness (QED) is 0.764. The second kappa shape index (κ2) is 4.88. The zero-order chi connectivity index (χ0) is 12.3. The first-order valence-corrected chi connectivity index (χ1v) is 5.44. The molecule has 1 aromatic carbocycles. The van der Waals surface area contributed by atoms with E-state index in [4.69, 9.17) is 6.42 Å². The maximum atomic E-state index is 12.7. The van der Waals surface area contributed by atoms with Gasteiger partial charge in [0.2, 0.25) is 0 Å². The first-order chi connectivity index (χ1) is 8.20. The van der Waals surface area contributed by atoms with Crippen molar-refractivity contribution < 1.29 is 9.18 Å². The second-order valence-electron chi connectivity index (χ2n) is 4.03. The van der Waals surface area contributed by atoms with Crippen LogP contribution in [-0.2, 0) is 0 Å². The predicted molar refractivity (Wildman–Crippen MR) is 62.9 cm³/mol. The molecule has 2 rings (SSSR count). The van der Waals surface area contributed by atoms with E-state index in [0.717, 1.165) is 12.0 Å². The number of halogens is 1. The monoisotopic (exact) mass is 232 g/mol. The predicted octanol–water partition coefficient (Wildman–Crippen LogP) is 1.61. The molecule has 0 radical (unpaired) electrons. The highest BCUT2D eigenvalue weighted by Crippen LogP contribution is 2.40. The van der Waals surface area contributed by atoms with Gasteiger partial charge in [-0.2, -0.15) is 0 Å². The van der Waals surface area contributed by atoms with Crippen molar-refractivity contribution in [3.8, 4) is 12.3 Å². The molecule has 0 saturated heterocycles. The van der Waals surface area contributed by atoms with Crippen LogP contribution in [0.3, 0.4) is 0 Å². The number of hydrogen-bond acceptors (Lipinski definition) is 1. The molecule has 0 aliphatic heterocycles. The van der Waals surface area contributed by atoms with Crippen molar-refractivity contribution in [3.05, 3.63) is 35.6 Å². The van der Waals surface area contributed by atoms with Gasteiger partial charge in [-0.3, -0.25) is 0 Å². The van der Waals surface area contributed by atoms with Crippen molar-refractivity contribution in [2.45, 2.75) is 18.4 Å². The Morgan fingerprint density at radius 2 is 2.18 bits per heavy atom. The van der Waals surface area contributed by atoms with Crippen molar-refractivity contribution in [3.63, 3.8) is 0 Å². The Balaban J connectivity index is 1.83. The highest BCUT2D eigenvalue weighted by molar-refractivity contribution is 5.75. The van der Waals surface area contributed by atoms with Crippen molar-refractivity contribution >= 4 is 6.03 Å². The molecule has 1 fully saturated rings. The van der Waals surface area contributed by atoms with Crippen LogP contribution in [0.1, 0.15) is 17.9 Å². The van der Waals surface area contributed by atoms with Gasteiger partial charge in [0, 0.05) is 12.0 Å². The summed E-state index contributed by atoms with van der Waals surface area (Å²) in [6.07, 6.45) is 5.91. The van der Waals surface area contributed by atoms with Crippen LogP contribution in [0, 0.1) is 18.2 Å². The molecule has 2 N–H and O–H groups in total. The summed E-state index contributed by atoms with van der Waals surface area (Å²) in [5.41, 5.74) is 1.05. The number of hydrogen-bond donors (Lipinski definition) is 2. The maximum absolute atomic E-state index is 12.7. The van der Waals surface area contributed by atoms with Gasteiger partial charge in [0.1, 0.15) is 5.82 Å². The highest BCUT2D eigenvalue weighted by Gasteiger charge is 2.39. The first-order valence-electron chi connectivity index (χ1n) is 5.44.